The third-order valence-electron chi connectivity index (χ3n) is 3.47. The van der Waals surface area contributed by atoms with Crippen LogP contribution in [0.2, 0.25) is 0 Å². The molecule has 1 amide bonds. The lowest BCUT2D eigenvalue weighted by Crippen LogP contribution is -2.43. The fourth-order valence-corrected chi connectivity index (χ4v) is 2.27. The number of amides is 1. The Morgan fingerprint density at radius 3 is 2.42 bits per heavy atom. The van der Waals surface area contributed by atoms with Crippen LogP contribution in [0.3, 0.4) is 0 Å². The molecule has 2 unspecified atom stereocenters. The van der Waals surface area contributed by atoms with Crippen molar-refractivity contribution in [2.75, 3.05) is 13.1 Å². The van der Waals surface area contributed by atoms with Crippen molar-refractivity contribution < 1.29 is 15.0 Å². The van der Waals surface area contributed by atoms with Gasteiger partial charge < -0.3 is 20.8 Å². The second kappa shape index (κ2) is 6.14. The van der Waals surface area contributed by atoms with Crippen molar-refractivity contribution >= 4 is 5.91 Å². The summed E-state index contributed by atoms with van der Waals surface area (Å²) in [6.45, 7) is 0.331. The first-order chi connectivity index (χ1) is 9.08. The highest BCUT2D eigenvalue weighted by atomic mass is 16.3. The number of carbonyl (C=O) groups is 1. The molecule has 0 aromatic heterocycles. The largest absolute Gasteiger partial charge is 0.388 e. The molecule has 1 aliphatic rings. The molecule has 2 rings (SSSR count). The van der Waals surface area contributed by atoms with Crippen LogP contribution in [0.4, 0.5) is 0 Å². The van der Waals surface area contributed by atoms with E-state index in [4.69, 9.17) is 5.73 Å². The van der Waals surface area contributed by atoms with E-state index in [9.17, 15) is 15.0 Å². The lowest BCUT2D eigenvalue weighted by atomic mass is 10.1. The van der Waals surface area contributed by atoms with Crippen molar-refractivity contribution in [3.63, 3.8) is 0 Å². The van der Waals surface area contributed by atoms with Crippen LogP contribution in [0, 0.1) is 0 Å². The number of carbonyl (C=O) groups excluding carboxylic acids is 1. The molecule has 0 aliphatic carbocycles. The minimum atomic E-state index is -0.856. The quantitative estimate of drug-likeness (QED) is 0.685. The maximum atomic E-state index is 12.0. The van der Waals surface area contributed by atoms with Gasteiger partial charge in [0.15, 0.2) is 0 Å². The van der Waals surface area contributed by atoms with Crippen LogP contribution in [0.5, 0.6) is 0 Å². The number of benzene rings is 1. The van der Waals surface area contributed by atoms with Gasteiger partial charge in [0.05, 0.1) is 18.2 Å². The average Bonchev–Trinajstić information content (AvgIpc) is 2.76. The number of aliphatic hydroxyl groups excluding tert-OH is 2. The van der Waals surface area contributed by atoms with Gasteiger partial charge in [0.2, 0.25) is 5.91 Å². The first-order valence-electron chi connectivity index (χ1n) is 6.52. The number of aryl methyl sites for hydroxylation is 1. The number of nitrogens with zero attached hydrogens (tertiary/aromatic N) is 1. The Bertz CT molecular complexity index is 414. The van der Waals surface area contributed by atoms with Crippen molar-refractivity contribution in [3.05, 3.63) is 35.9 Å². The predicted octanol–water partition coefficient (Wildman–Crippen LogP) is -0.490. The SMILES string of the molecule is N[C@@H](CCc1ccccc1)C(=O)N1CC(O)C(O)C1. The zero-order valence-electron chi connectivity index (χ0n) is 10.8. The van der Waals surface area contributed by atoms with Gasteiger partial charge in [-0.15, -0.1) is 0 Å². The lowest BCUT2D eigenvalue weighted by molar-refractivity contribution is -0.132. The number of rotatable bonds is 4. The lowest BCUT2D eigenvalue weighted by Gasteiger charge is -2.20. The van der Waals surface area contributed by atoms with Crippen molar-refractivity contribution in [1.82, 2.24) is 4.90 Å². The molecule has 104 valence electrons. The first-order valence-corrected chi connectivity index (χ1v) is 6.52. The zero-order valence-corrected chi connectivity index (χ0v) is 10.8. The molecule has 19 heavy (non-hydrogen) atoms. The van der Waals surface area contributed by atoms with Gasteiger partial charge in [0.1, 0.15) is 0 Å². The molecule has 1 fully saturated rings. The molecule has 1 aliphatic heterocycles. The van der Waals surface area contributed by atoms with Crippen molar-refractivity contribution in [2.45, 2.75) is 31.1 Å². The number of likely N-dealkylation sites (tertiary alicyclic amines) is 1. The van der Waals surface area contributed by atoms with E-state index in [-0.39, 0.29) is 19.0 Å². The normalized spacial score (nSPS) is 24.5. The Labute approximate surface area is 112 Å². The second-order valence-corrected chi connectivity index (χ2v) is 5.01. The van der Waals surface area contributed by atoms with Crippen molar-refractivity contribution in [1.29, 1.82) is 0 Å². The van der Waals surface area contributed by atoms with Gasteiger partial charge in [-0.1, -0.05) is 30.3 Å². The van der Waals surface area contributed by atoms with E-state index in [0.29, 0.717) is 6.42 Å². The monoisotopic (exact) mass is 264 g/mol. The molecule has 4 N–H and O–H groups in total. The maximum absolute atomic E-state index is 12.0. The zero-order chi connectivity index (χ0) is 13.8. The summed E-state index contributed by atoms with van der Waals surface area (Å²) in [4.78, 5) is 13.5. The first kappa shape index (κ1) is 14.0. The van der Waals surface area contributed by atoms with Gasteiger partial charge >= 0.3 is 0 Å². The van der Waals surface area contributed by atoms with Gasteiger partial charge in [-0.3, -0.25) is 4.79 Å². The predicted molar refractivity (Wildman–Crippen MR) is 71.3 cm³/mol. The Morgan fingerprint density at radius 1 is 1.26 bits per heavy atom. The molecule has 0 radical (unpaired) electrons. The number of β-amino-alcohol motifs (C(OH)–C–C–N with tert-alkyl or cyclic N) is 2. The summed E-state index contributed by atoms with van der Waals surface area (Å²) < 4.78 is 0. The van der Waals surface area contributed by atoms with Gasteiger partial charge in [-0.25, -0.2) is 0 Å². The third kappa shape index (κ3) is 3.53. The van der Waals surface area contributed by atoms with Gasteiger partial charge in [-0.2, -0.15) is 0 Å². The fraction of sp³-hybridized carbons (Fsp3) is 0.500. The summed E-state index contributed by atoms with van der Waals surface area (Å²) in [6.07, 6.45) is -0.409. The fourth-order valence-electron chi connectivity index (χ4n) is 2.27. The number of aliphatic hydroxyl groups is 2. The molecule has 5 heteroatoms. The molecule has 1 aromatic carbocycles. The molecule has 1 heterocycles. The average molecular weight is 264 g/mol. The summed E-state index contributed by atoms with van der Waals surface area (Å²) in [5.74, 6) is -0.202. The standard InChI is InChI=1S/C14H20N2O3/c15-11(7-6-10-4-2-1-3-5-10)14(19)16-8-12(17)13(18)9-16/h1-5,11-13,17-18H,6-9,15H2/t11-,12?,13?/m0/s1. The third-order valence-corrected chi connectivity index (χ3v) is 3.47. The highest BCUT2D eigenvalue weighted by Crippen LogP contribution is 2.13. The van der Waals surface area contributed by atoms with Crippen LogP contribution >= 0.6 is 0 Å². The van der Waals surface area contributed by atoms with Crippen molar-refractivity contribution in [2.24, 2.45) is 5.73 Å². The Kier molecular flexibility index (Phi) is 4.52. The summed E-state index contributed by atoms with van der Waals surface area (Å²) in [6, 6.07) is 9.27. The van der Waals surface area contributed by atoms with E-state index in [1.165, 1.54) is 4.90 Å². The van der Waals surface area contributed by atoms with E-state index < -0.39 is 18.2 Å². The number of hydrogen-bond donors (Lipinski definition) is 3. The van der Waals surface area contributed by atoms with Crippen LogP contribution in [-0.4, -0.2) is 52.4 Å². The maximum Gasteiger partial charge on any atom is 0.239 e. The molecular formula is C14H20N2O3. The Morgan fingerprint density at radius 2 is 1.84 bits per heavy atom. The Hall–Kier alpha value is -1.43. The number of nitrogens with two attached hydrogens (primary N) is 1. The summed E-state index contributed by atoms with van der Waals surface area (Å²) >= 11 is 0. The van der Waals surface area contributed by atoms with Gasteiger partial charge in [0, 0.05) is 13.1 Å². The molecule has 0 bridgehead atoms. The van der Waals surface area contributed by atoms with Crippen LogP contribution in [-0.2, 0) is 11.2 Å². The molecule has 0 saturated carbocycles. The molecule has 3 atom stereocenters. The van der Waals surface area contributed by atoms with Crippen LogP contribution < -0.4 is 5.73 Å². The van der Waals surface area contributed by atoms with Crippen LogP contribution in [0.25, 0.3) is 0 Å². The highest BCUT2D eigenvalue weighted by molar-refractivity contribution is 5.82. The van der Waals surface area contributed by atoms with E-state index in [0.717, 1.165) is 12.0 Å². The van der Waals surface area contributed by atoms with Crippen molar-refractivity contribution in [3.8, 4) is 0 Å². The summed E-state index contributed by atoms with van der Waals surface area (Å²) in [5, 5.41) is 18.8. The van der Waals surface area contributed by atoms with Crippen LogP contribution in [0.15, 0.2) is 30.3 Å². The topological polar surface area (TPSA) is 86.8 Å². The smallest absolute Gasteiger partial charge is 0.239 e. The summed E-state index contributed by atoms with van der Waals surface area (Å²) in [5.41, 5.74) is 7.03. The van der Waals surface area contributed by atoms with Gasteiger partial charge in [-0.05, 0) is 18.4 Å². The molecule has 0 spiro atoms. The Balaban J connectivity index is 1.83. The van der Waals surface area contributed by atoms with Gasteiger partial charge in [0.25, 0.3) is 0 Å². The summed E-state index contributed by atoms with van der Waals surface area (Å²) in [7, 11) is 0. The minimum absolute atomic E-state index is 0.166. The molecular weight excluding hydrogens is 244 g/mol. The highest BCUT2D eigenvalue weighted by Gasteiger charge is 2.34. The number of hydrogen-bond acceptors (Lipinski definition) is 4. The van der Waals surface area contributed by atoms with E-state index in [1.807, 2.05) is 30.3 Å². The van der Waals surface area contributed by atoms with Crippen LogP contribution in [0.1, 0.15) is 12.0 Å². The molecule has 1 saturated heterocycles. The van der Waals surface area contributed by atoms with E-state index in [1.54, 1.807) is 0 Å². The van der Waals surface area contributed by atoms with E-state index in [2.05, 4.69) is 0 Å². The van der Waals surface area contributed by atoms with E-state index >= 15 is 0 Å². The molecule has 1 aromatic rings. The minimum Gasteiger partial charge on any atom is -0.388 e. The molecule has 5 nitrogen and oxygen atoms in total. The second-order valence-electron chi connectivity index (χ2n) is 5.01.